The van der Waals surface area contributed by atoms with Crippen molar-refractivity contribution in [1.82, 2.24) is 0 Å². The van der Waals surface area contributed by atoms with Gasteiger partial charge in [0.2, 0.25) is 0 Å². The predicted molar refractivity (Wildman–Crippen MR) is 78.9 cm³/mol. The molecule has 0 bridgehead atoms. The highest BCUT2D eigenvalue weighted by atomic mass is 32.2. The van der Waals surface area contributed by atoms with Crippen molar-refractivity contribution < 1.29 is 22.7 Å². The summed E-state index contributed by atoms with van der Waals surface area (Å²) in [4.78, 5) is 23.0. The first kappa shape index (κ1) is 17.4. The molecular formula is C15H20O5S. The highest BCUT2D eigenvalue weighted by molar-refractivity contribution is 7.91. The van der Waals surface area contributed by atoms with Crippen LogP contribution in [0.4, 0.5) is 0 Å². The Morgan fingerprint density at radius 1 is 1.10 bits per heavy atom. The van der Waals surface area contributed by atoms with Crippen LogP contribution < -0.4 is 0 Å². The Hall–Kier alpha value is -1.69. The Morgan fingerprint density at radius 3 is 2.14 bits per heavy atom. The zero-order chi connectivity index (χ0) is 16.0. The van der Waals surface area contributed by atoms with Gasteiger partial charge < -0.3 is 4.74 Å². The molecule has 0 unspecified atom stereocenters. The maximum atomic E-state index is 12.0. The van der Waals surface area contributed by atoms with Gasteiger partial charge in [-0.2, -0.15) is 0 Å². The molecule has 0 aromatic heterocycles. The lowest BCUT2D eigenvalue weighted by molar-refractivity contribution is -0.140. The van der Waals surface area contributed by atoms with Crippen molar-refractivity contribution in [1.29, 1.82) is 0 Å². The molecule has 21 heavy (non-hydrogen) atoms. The Labute approximate surface area is 125 Å². The molecule has 0 aliphatic carbocycles. The van der Waals surface area contributed by atoms with Crippen molar-refractivity contribution in [3.8, 4) is 0 Å². The standard InChI is InChI=1S/C15H20O5S/c1-11(2)10-21(18,19)13-6-4-12(5-7-13)14(16)8-9-15(17)20-3/h4-7,11H,8-10H2,1-3H3. The second-order valence-corrected chi connectivity index (χ2v) is 7.23. The molecule has 0 atom stereocenters. The maximum absolute atomic E-state index is 12.0. The molecular weight excluding hydrogens is 292 g/mol. The molecule has 1 aromatic rings. The van der Waals surface area contributed by atoms with E-state index < -0.39 is 15.8 Å². The predicted octanol–water partition coefficient (Wildman–Crippen LogP) is 2.25. The molecule has 0 aliphatic rings. The largest absolute Gasteiger partial charge is 0.469 e. The molecule has 116 valence electrons. The monoisotopic (exact) mass is 312 g/mol. The van der Waals surface area contributed by atoms with Gasteiger partial charge in [-0.3, -0.25) is 9.59 Å². The van der Waals surface area contributed by atoms with E-state index in [0.717, 1.165) is 0 Å². The smallest absolute Gasteiger partial charge is 0.305 e. The molecule has 0 heterocycles. The summed E-state index contributed by atoms with van der Waals surface area (Å²) in [6, 6.07) is 5.83. The number of benzene rings is 1. The second kappa shape index (κ2) is 7.36. The first-order valence-electron chi connectivity index (χ1n) is 6.69. The molecule has 0 spiro atoms. The van der Waals surface area contributed by atoms with Crippen LogP contribution >= 0.6 is 0 Å². The number of hydrogen-bond donors (Lipinski definition) is 0. The molecule has 0 saturated carbocycles. The molecule has 0 amide bonds. The lowest BCUT2D eigenvalue weighted by atomic mass is 10.1. The molecule has 0 aliphatic heterocycles. The third kappa shape index (κ3) is 5.30. The van der Waals surface area contributed by atoms with Gasteiger partial charge in [0.25, 0.3) is 0 Å². The van der Waals surface area contributed by atoms with Crippen molar-refractivity contribution >= 4 is 21.6 Å². The number of rotatable bonds is 7. The molecule has 1 rings (SSSR count). The zero-order valence-electron chi connectivity index (χ0n) is 12.5. The van der Waals surface area contributed by atoms with E-state index in [9.17, 15) is 18.0 Å². The van der Waals surface area contributed by atoms with E-state index in [1.165, 1.54) is 31.4 Å². The number of hydrogen-bond acceptors (Lipinski definition) is 5. The summed E-state index contributed by atoms with van der Waals surface area (Å²) in [5.74, 6) is -0.549. The summed E-state index contributed by atoms with van der Waals surface area (Å²) in [6.45, 7) is 3.67. The first-order valence-corrected chi connectivity index (χ1v) is 8.34. The lowest BCUT2D eigenvalue weighted by Crippen LogP contribution is -2.12. The highest BCUT2D eigenvalue weighted by Gasteiger charge is 2.17. The van der Waals surface area contributed by atoms with Gasteiger partial charge in [0.05, 0.1) is 24.2 Å². The van der Waals surface area contributed by atoms with Crippen LogP contribution in [0.3, 0.4) is 0 Å². The van der Waals surface area contributed by atoms with Crippen molar-refractivity contribution in [2.75, 3.05) is 12.9 Å². The number of carbonyl (C=O) groups excluding carboxylic acids is 2. The number of ether oxygens (including phenoxy) is 1. The highest BCUT2D eigenvalue weighted by Crippen LogP contribution is 2.16. The molecule has 0 fully saturated rings. The van der Waals surface area contributed by atoms with Crippen molar-refractivity contribution in [3.05, 3.63) is 29.8 Å². The number of Topliss-reactive ketones (excluding diaryl/α,β-unsaturated/α-hetero) is 1. The van der Waals surface area contributed by atoms with Crippen LogP contribution in [0.2, 0.25) is 0 Å². The average Bonchev–Trinajstić information content (AvgIpc) is 2.43. The van der Waals surface area contributed by atoms with Gasteiger partial charge in [-0.25, -0.2) is 8.42 Å². The van der Waals surface area contributed by atoms with Crippen LogP contribution in [0.5, 0.6) is 0 Å². The van der Waals surface area contributed by atoms with Gasteiger partial charge in [0.1, 0.15) is 0 Å². The maximum Gasteiger partial charge on any atom is 0.305 e. The number of carbonyl (C=O) groups is 2. The van der Waals surface area contributed by atoms with Crippen LogP contribution in [0.15, 0.2) is 29.2 Å². The Morgan fingerprint density at radius 2 is 1.67 bits per heavy atom. The van der Waals surface area contributed by atoms with Crippen LogP contribution in [-0.2, 0) is 19.4 Å². The SMILES string of the molecule is COC(=O)CCC(=O)c1ccc(S(=O)(=O)CC(C)C)cc1. The molecule has 0 N–H and O–H groups in total. The molecule has 0 radical (unpaired) electrons. The Kier molecular flexibility index (Phi) is 6.08. The molecule has 0 saturated heterocycles. The van der Waals surface area contributed by atoms with Crippen molar-refractivity contribution in [3.63, 3.8) is 0 Å². The van der Waals surface area contributed by atoms with E-state index in [1.807, 2.05) is 13.8 Å². The van der Waals surface area contributed by atoms with Gasteiger partial charge in [-0.15, -0.1) is 0 Å². The molecule has 5 nitrogen and oxygen atoms in total. The molecule has 1 aromatic carbocycles. The fraction of sp³-hybridized carbons (Fsp3) is 0.467. The number of methoxy groups -OCH3 is 1. The third-order valence-corrected chi connectivity index (χ3v) is 4.97. The normalized spacial score (nSPS) is 11.4. The van der Waals surface area contributed by atoms with Gasteiger partial charge in [0, 0.05) is 12.0 Å². The van der Waals surface area contributed by atoms with Gasteiger partial charge >= 0.3 is 5.97 Å². The minimum absolute atomic E-state index is 0.0166. The first-order chi connectivity index (χ1) is 9.76. The fourth-order valence-corrected chi connectivity index (χ4v) is 3.47. The van der Waals surface area contributed by atoms with E-state index in [2.05, 4.69) is 4.74 Å². The fourth-order valence-electron chi connectivity index (χ4n) is 1.85. The Bertz CT molecular complexity index is 599. The van der Waals surface area contributed by atoms with Crippen LogP contribution in [0, 0.1) is 5.92 Å². The van der Waals surface area contributed by atoms with Gasteiger partial charge in [0.15, 0.2) is 15.6 Å². The van der Waals surface area contributed by atoms with Crippen molar-refractivity contribution in [2.24, 2.45) is 5.92 Å². The number of ketones is 1. The second-order valence-electron chi connectivity index (χ2n) is 5.20. The van der Waals surface area contributed by atoms with Crippen LogP contribution in [0.25, 0.3) is 0 Å². The van der Waals surface area contributed by atoms with Crippen LogP contribution in [-0.4, -0.2) is 33.0 Å². The summed E-state index contributed by atoms with van der Waals surface area (Å²) >= 11 is 0. The zero-order valence-corrected chi connectivity index (χ0v) is 13.3. The lowest BCUT2D eigenvalue weighted by Gasteiger charge is -2.07. The molecule has 6 heteroatoms. The number of sulfone groups is 1. The van der Waals surface area contributed by atoms with Crippen LogP contribution in [0.1, 0.15) is 37.0 Å². The minimum Gasteiger partial charge on any atom is -0.469 e. The van der Waals surface area contributed by atoms with Crippen molar-refractivity contribution in [2.45, 2.75) is 31.6 Å². The summed E-state index contributed by atoms with van der Waals surface area (Å²) in [5.41, 5.74) is 0.391. The topological polar surface area (TPSA) is 77.5 Å². The minimum atomic E-state index is -3.32. The van der Waals surface area contributed by atoms with Gasteiger partial charge in [-0.1, -0.05) is 26.0 Å². The van der Waals surface area contributed by atoms with E-state index in [4.69, 9.17) is 0 Å². The van der Waals surface area contributed by atoms with Gasteiger partial charge in [-0.05, 0) is 18.1 Å². The van der Waals surface area contributed by atoms with E-state index in [-0.39, 0.29) is 35.2 Å². The van der Waals surface area contributed by atoms with E-state index in [0.29, 0.717) is 5.56 Å². The quantitative estimate of drug-likeness (QED) is 0.570. The summed E-state index contributed by atoms with van der Waals surface area (Å²) in [5, 5.41) is 0. The summed E-state index contributed by atoms with van der Waals surface area (Å²) in [7, 11) is -2.05. The average molecular weight is 312 g/mol. The summed E-state index contributed by atoms with van der Waals surface area (Å²) in [6.07, 6.45) is 0.0630. The van der Waals surface area contributed by atoms with E-state index >= 15 is 0 Å². The Balaban J connectivity index is 2.78. The summed E-state index contributed by atoms with van der Waals surface area (Å²) < 4.78 is 28.5. The van der Waals surface area contributed by atoms with E-state index in [1.54, 1.807) is 0 Å². The number of esters is 1. The third-order valence-electron chi connectivity index (χ3n) is 2.87.